The summed E-state index contributed by atoms with van der Waals surface area (Å²) < 4.78 is 5.80. The standard InChI is InChI=1S/C12H15NO/c1-13-8-9-6-7-14-12(9)10-4-2-3-5-11(10)13/h2-5,9,12H,6-8H2,1H3/t9-,12+/m1/s1. The first kappa shape index (κ1) is 8.30. The number of rotatable bonds is 0. The van der Waals surface area contributed by atoms with E-state index in [2.05, 4.69) is 36.2 Å². The summed E-state index contributed by atoms with van der Waals surface area (Å²) in [4.78, 5) is 2.35. The van der Waals surface area contributed by atoms with Gasteiger partial charge in [0, 0.05) is 37.4 Å². The van der Waals surface area contributed by atoms with Crippen LogP contribution in [-0.4, -0.2) is 20.2 Å². The highest BCUT2D eigenvalue weighted by Gasteiger charge is 2.36. The zero-order valence-electron chi connectivity index (χ0n) is 8.44. The molecule has 0 spiro atoms. The van der Waals surface area contributed by atoms with Gasteiger partial charge in [-0.3, -0.25) is 0 Å². The molecule has 2 aliphatic rings. The Balaban J connectivity index is 2.09. The molecule has 0 amide bonds. The van der Waals surface area contributed by atoms with Crippen LogP contribution in [0.5, 0.6) is 0 Å². The van der Waals surface area contributed by atoms with Crippen molar-refractivity contribution in [3.63, 3.8) is 0 Å². The molecule has 1 fully saturated rings. The molecule has 2 atom stereocenters. The molecular formula is C12H15NO. The van der Waals surface area contributed by atoms with E-state index in [4.69, 9.17) is 4.74 Å². The number of anilines is 1. The first-order valence-electron chi connectivity index (χ1n) is 5.28. The Morgan fingerprint density at radius 3 is 3.14 bits per heavy atom. The van der Waals surface area contributed by atoms with Gasteiger partial charge in [0.2, 0.25) is 0 Å². The van der Waals surface area contributed by atoms with Crippen molar-refractivity contribution in [3.05, 3.63) is 29.8 Å². The Morgan fingerprint density at radius 2 is 2.21 bits per heavy atom. The summed E-state index contributed by atoms with van der Waals surface area (Å²) in [6.07, 6.45) is 1.57. The minimum atomic E-state index is 0.363. The predicted octanol–water partition coefficient (Wildman–Crippen LogP) is 2.21. The van der Waals surface area contributed by atoms with Crippen molar-refractivity contribution >= 4 is 5.69 Å². The lowest BCUT2D eigenvalue weighted by atomic mass is 9.89. The van der Waals surface area contributed by atoms with Crippen LogP contribution in [0.25, 0.3) is 0 Å². The summed E-state index contributed by atoms with van der Waals surface area (Å²) >= 11 is 0. The van der Waals surface area contributed by atoms with E-state index in [1.165, 1.54) is 17.7 Å². The van der Waals surface area contributed by atoms with Crippen LogP contribution in [0, 0.1) is 5.92 Å². The maximum absolute atomic E-state index is 5.80. The second-order valence-corrected chi connectivity index (χ2v) is 4.28. The summed E-state index contributed by atoms with van der Waals surface area (Å²) in [5.41, 5.74) is 2.72. The van der Waals surface area contributed by atoms with Crippen LogP contribution >= 0.6 is 0 Å². The van der Waals surface area contributed by atoms with E-state index in [0.29, 0.717) is 12.0 Å². The van der Waals surface area contributed by atoms with Gasteiger partial charge in [-0.1, -0.05) is 18.2 Å². The van der Waals surface area contributed by atoms with E-state index < -0.39 is 0 Å². The maximum atomic E-state index is 5.80. The average molecular weight is 189 g/mol. The minimum Gasteiger partial charge on any atom is -0.374 e. The molecule has 1 aromatic carbocycles. The molecule has 0 saturated carbocycles. The fraction of sp³-hybridized carbons (Fsp3) is 0.500. The Labute approximate surface area is 84.5 Å². The molecular weight excluding hydrogens is 174 g/mol. The third-order valence-electron chi connectivity index (χ3n) is 3.38. The number of hydrogen-bond donors (Lipinski definition) is 0. The highest BCUT2D eigenvalue weighted by Crippen LogP contribution is 2.43. The van der Waals surface area contributed by atoms with E-state index in [1.54, 1.807) is 0 Å². The Bertz CT molecular complexity index is 350. The average Bonchev–Trinajstić information content (AvgIpc) is 2.66. The summed E-state index contributed by atoms with van der Waals surface area (Å²) in [5.74, 6) is 0.704. The lowest BCUT2D eigenvalue weighted by Gasteiger charge is -2.34. The van der Waals surface area contributed by atoms with Gasteiger partial charge in [0.05, 0.1) is 6.10 Å². The van der Waals surface area contributed by atoms with E-state index >= 15 is 0 Å². The van der Waals surface area contributed by atoms with Crippen molar-refractivity contribution in [2.75, 3.05) is 25.1 Å². The van der Waals surface area contributed by atoms with Crippen molar-refractivity contribution in [2.24, 2.45) is 5.92 Å². The molecule has 0 aliphatic carbocycles. The van der Waals surface area contributed by atoms with Crippen molar-refractivity contribution in [1.29, 1.82) is 0 Å². The van der Waals surface area contributed by atoms with Crippen molar-refractivity contribution in [1.82, 2.24) is 0 Å². The fourth-order valence-corrected chi connectivity index (χ4v) is 2.69. The van der Waals surface area contributed by atoms with E-state index in [0.717, 1.165) is 13.2 Å². The first-order valence-corrected chi connectivity index (χ1v) is 5.28. The molecule has 2 nitrogen and oxygen atoms in total. The molecule has 0 bridgehead atoms. The number of ether oxygens (including phenoxy) is 1. The number of nitrogens with zero attached hydrogens (tertiary/aromatic N) is 1. The number of benzene rings is 1. The van der Waals surface area contributed by atoms with E-state index in [9.17, 15) is 0 Å². The van der Waals surface area contributed by atoms with Gasteiger partial charge < -0.3 is 9.64 Å². The van der Waals surface area contributed by atoms with Gasteiger partial charge in [0.1, 0.15) is 0 Å². The quantitative estimate of drug-likeness (QED) is 0.620. The molecule has 3 rings (SSSR count). The molecule has 74 valence electrons. The molecule has 1 saturated heterocycles. The van der Waals surface area contributed by atoms with E-state index in [1.807, 2.05) is 0 Å². The van der Waals surface area contributed by atoms with Crippen molar-refractivity contribution < 1.29 is 4.74 Å². The largest absolute Gasteiger partial charge is 0.374 e. The van der Waals surface area contributed by atoms with Crippen LogP contribution in [0.15, 0.2) is 24.3 Å². The van der Waals surface area contributed by atoms with Crippen LogP contribution in [0.4, 0.5) is 5.69 Å². The zero-order chi connectivity index (χ0) is 9.54. The fourth-order valence-electron chi connectivity index (χ4n) is 2.69. The lowest BCUT2D eigenvalue weighted by molar-refractivity contribution is 0.0891. The number of para-hydroxylation sites is 1. The highest BCUT2D eigenvalue weighted by molar-refractivity contribution is 5.56. The molecule has 14 heavy (non-hydrogen) atoms. The predicted molar refractivity (Wildman–Crippen MR) is 56.5 cm³/mol. The monoisotopic (exact) mass is 189 g/mol. The molecule has 0 aromatic heterocycles. The van der Waals surface area contributed by atoms with E-state index in [-0.39, 0.29) is 0 Å². The van der Waals surface area contributed by atoms with Crippen molar-refractivity contribution in [2.45, 2.75) is 12.5 Å². The van der Waals surface area contributed by atoms with Gasteiger partial charge in [0.25, 0.3) is 0 Å². The normalized spacial score (nSPS) is 29.9. The molecule has 2 heterocycles. The number of fused-ring (bicyclic) bond motifs is 3. The van der Waals surface area contributed by atoms with Crippen LogP contribution in [0.1, 0.15) is 18.1 Å². The molecule has 2 aliphatic heterocycles. The molecule has 0 unspecified atom stereocenters. The third-order valence-corrected chi connectivity index (χ3v) is 3.38. The summed E-state index contributed by atoms with van der Waals surface area (Å²) in [7, 11) is 2.17. The topological polar surface area (TPSA) is 12.5 Å². The van der Waals surface area contributed by atoms with Gasteiger partial charge >= 0.3 is 0 Å². The minimum absolute atomic E-state index is 0.363. The Morgan fingerprint density at radius 1 is 1.36 bits per heavy atom. The van der Waals surface area contributed by atoms with Gasteiger partial charge in [-0.15, -0.1) is 0 Å². The molecule has 0 radical (unpaired) electrons. The van der Waals surface area contributed by atoms with Crippen LogP contribution < -0.4 is 4.90 Å². The molecule has 2 heteroatoms. The lowest BCUT2D eigenvalue weighted by Crippen LogP contribution is -2.33. The SMILES string of the molecule is CN1C[C@H]2CCO[C@@H]2c2ccccc21. The van der Waals surface area contributed by atoms with Gasteiger partial charge in [-0.2, -0.15) is 0 Å². The number of hydrogen-bond acceptors (Lipinski definition) is 2. The maximum Gasteiger partial charge on any atom is 0.0890 e. The van der Waals surface area contributed by atoms with Gasteiger partial charge in [-0.25, -0.2) is 0 Å². The van der Waals surface area contributed by atoms with Gasteiger partial charge in [0.15, 0.2) is 0 Å². The second-order valence-electron chi connectivity index (χ2n) is 4.28. The van der Waals surface area contributed by atoms with Crippen LogP contribution in [0.2, 0.25) is 0 Å². The molecule has 1 aromatic rings. The zero-order valence-corrected chi connectivity index (χ0v) is 8.44. The van der Waals surface area contributed by atoms with Crippen LogP contribution in [-0.2, 0) is 4.74 Å². The first-order chi connectivity index (χ1) is 6.86. The summed E-state index contributed by atoms with van der Waals surface area (Å²) in [6, 6.07) is 8.60. The Kier molecular flexibility index (Phi) is 1.77. The summed E-state index contributed by atoms with van der Waals surface area (Å²) in [6.45, 7) is 2.07. The summed E-state index contributed by atoms with van der Waals surface area (Å²) in [5, 5.41) is 0. The Hall–Kier alpha value is -1.02. The van der Waals surface area contributed by atoms with Crippen LogP contribution in [0.3, 0.4) is 0 Å². The van der Waals surface area contributed by atoms with Crippen molar-refractivity contribution in [3.8, 4) is 0 Å². The smallest absolute Gasteiger partial charge is 0.0890 e. The van der Waals surface area contributed by atoms with Gasteiger partial charge in [-0.05, 0) is 12.5 Å². The third kappa shape index (κ3) is 1.07. The molecule has 0 N–H and O–H groups in total. The second kappa shape index (κ2) is 2.99. The highest BCUT2D eigenvalue weighted by atomic mass is 16.5.